The molecule has 82 heavy (non-hydrogen) atoms. The molecule has 0 bridgehead atoms. The Balaban J connectivity index is 0.000000198. The maximum Gasteiger partial charge on any atom is 0.387 e. The molecule has 10 rings (SSSR count). The zero-order valence-corrected chi connectivity index (χ0v) is 47.0. The Bertz CT molecular complexity index is 3100. The van der Waals surface area contributed by atoms with Crippen LogP contribution in [-0.2, 0) is 11.2 Å². The molecule has 2 aliphatic heterocycles. The first-order chi connectivity index (χ1) is 38.9. The van der Waals surface area contributed by atoms with E-state index in [1.54, 1.807) is 12.1 Å². The molecule has 2 amide bonds. The summed E-state index contributed by atoms with van der Waals surface area (Å²) in [6.45, 7) is 1.75. The summed E-state index contributed by atoms with van der Waals surface area (Å²) in [6.07, 6.45) is 5.86. The lowest BCUT2D eigenvalue weighted by atomic mass is 9.77. The summed E-state index contributed by atoms with van der Waals surface area (Å²) in [7, 11) is 0. The SMILES string of the molecule is C[C@H]1c2c(ccc(Cl)c2-c2c(C(N)=O)ccc(OC(F)F)c2F)O[C@]1(CNC1CCC(C)(O)CC1)c1ccccc1.C[C@H]1c2c(ccc(Cl)c2-c2c(C(N)=O)ccc(OC(F)F)c2F)O[C@]1(CNC1CCC(C)(O)CC1)c1ccccc1. The normalized spacial score (nSPS) is 25.6. The molecule has 436 valence electrons. The van der Waals surface area contributed by atoms with E-state index in [1.165, 1.54) is 12.1 Å². The van der Waals surface area contributed by atoms with Crippen molar-refractivity contribution in [3.63, 3.8) is 0 Å². The van der Waals surface area contributed by atoms with E-state index < -0.39 is 82.4 Å². The summed E-state index contributed by atoms with van der Waals surface area (Å²) in [6, 6.07) is 30.1. The number of amides is 2. The summed E-state index contributed by atoms with van der Waals surface area (Å²) in [5, 5.41) is 28.3. The number of alkyl halides is 4. The second-order valence-corrected chi connectivity index (χ2v) is 23.0. The van der Waals surface area contributed by atoms with Gasteiger partial charge in [-0.1, -0.05) is 97.7 Å². The lowest BCUT2D eigenvalue weighted by Gasteiger charge is -2.38. The summed E-state index contributed by atoms with van der Waals surface area (Å²) < 4.78 is 106. The Morgan fingerprint density at radius 2 is 0.915 bits per heavy atom. The molecule has 4 aliphatic rings. The van der Waals surface area contributed by atoms with Crippen LogP contribution >= 0.6 is 23.2 Å². The Hall–Kier alpha value is -6.54. The van der Waals surface area contributed by atoms with Crippen LogP contribution in [0.4, 0.5) is 26.3 Å². The number of ether oxygens (including phenoxy) is 4. The number of nitrogens with one attached hydrogen (secondary N) is 2. The molecular weight excluding hydrogens is 1110 g/mol. The fraction of sp³-hybridized carbons (Fsp3) is 0.387. The predicted molar refractivity (Wildman–Crippen MR) is 300 cm³/mol. The number of primary amides is 2. The molecule has 2 saturated carbocycles. The average molecular weight is 1180 g/mol. The Kier molecular flexibility index (Phi) is 17.6. The van der Waals surface area contributed by atoms with E-state index >= 15 is 8.78 Å². The van der Waals surface area contributed by atoms with Crippen molar-refractivity contribution in [2.75, 3.05) is 13.1 Å². The van der Waals surface area contributed by atoms with Gasteiger partial charge in [0.05, 0.1) is 22.3 Å². The van der Waals surface area contributed by atoms with E-state index in [2.05, 4.69) is 20.1 Å². The number of hydrogen-bond donors (Lipinski definition) is 6. The predicted octanol–water partition coefficient (Wildman–Crippen LogP) is 13.0. The minimum Gasteiger partial charge on any atom is -0.480 e. The van der Waals surface area contributed by atoms with Gasteiger partial charge in [0.2, 0.25) is 11.8 Å². The van der Waals surface area contributed by atoms with E-state index in [4.69, 9.17) is 44.1 Å². The van der Waals surface area contributed by atoms with E-state index in [0.29, 0.717) is 61.4 Å². The summed E-state index contributed by atoms with van der Waals surface area (Å²) in [5.41, 5.74) is 9.87. The maximum atomic E-state index is 15.9. The molecule has 12 nitrogen and oxygen atoms in total. The van der Waals surface area contributed by atoms with Crippen molar-refractivity contribution >= 4 is 35.0 Å². The van der Waals surface area contributed by atoms with Gasteiger partial charge < -0.3 is 51.3 Å². The molecular formula is C62H64Cl2F6N4O8. The van der Waals surface area contributed by atoms with Gasteiger partial charge in [0.25, 0.3) is 0 Å². The van der Waals surface area contributed by atoms with Gasteiger partial charge in [0.15, 0.2) is 34.3 Å². The number of fused-ring (bicyclic) bond motifs is 2. The van der Waals surface area contributed by atoms with Crippen LogP contribution in [-0.4, -0.2) is 71.6 Å². The highest BCUT2D eigenvalue weighted by Gasteiger charge is 2.52. The monoisotopic (exact) mass is 1180 g/mol. The largest absolute Gasteiger partial charge is 0.480 e. The van der Waals surface area contributed by atoms with Crippen LogP contribution in [0, 0.1) is 11.6 Å². The summed E-state index contributed by atoms with van der Waals surface area (Å²) in [5.74, 6) is -5.75. The van der Waals surface area contributed by atoms with E-state index in [1.807, 2.05) is 88.4 Å². The van der Waals surface area contributed by atoms with Crippen molar-refractivity contribution in [3.8, 4) is 45.3 Å². The van der Waals surface area contributed by atoms with Crippen LogP contribution in [0.1, 0.15) is 134 Å². The Morgan fingerprint density at radius 1 is 0.573 bits per heavy atom. The van der Waals surface area contributed by atoms with Gasteiger partial charge in [-0.05, 0) is 125 Å². The first kappa shape index (κ1) is 60.1. The molecule has 4 atom stereocenters. The van der Waals surface area contributed by atoms with Gasteiger partial charge in [0, 0.05) is 80.4 Å². The molecule has 2 heterocycles. The zero-order valence-electron chi connectivity index (χ0n) is 45.4. The topological polar surface area (TPSA) is 188 Å². The summed E-state index contributed by atoms with van der Waals surface area (Å²) >= 11 is 13.4. The third-order valence-corrected chi connectivity index (χ3v) is 17.4. The number of nitrogens with two attached hydrogens (primary N) is 2. The Morgan fingerprint density at radius 3 is 1.23 bits per heavy atom. The number of halogens is 8. The lowest BCUT2D eigenvalue weighted by molar-refractivity contribution is -0.0527. The molecule has 6 aromatic rings. The second-order valence-electron chi connectivity index (χ2n) is 22.2. The van der Waals surface area contributed by atoms with Crippen molar-refractivity contribution in [2.24, 2.45) is 11.5 Å². The molecule has 2 fully saturated rings. The maximum absolute atomic E-state index is 15.9. The van der Waals surface area contributed by atoms with Crippen LogP contribution in [0.25, 0.3) is 22.3 Å². The van der Waals surface area contributed by atoms with E-state index in [-0.39, 0.29) is 55.5 Å². The van der Waals surface area contributed by atoms with Crippen LogP contribution in [0.3, 0.4) is 0 Å². The Labute approximate surface area is 481 Å². The number of carbonyl (C=O) groups is 2. The quantitative estimate of drug-likeness (QED) is 0.0509. The highest BCUT2D eigenvalue weighted by Crippen LogP contribution is 2.58. The van der Waals surface area contributed by atoms with Crippen LogP contribution in [0.2, 0.25) is 10.0 Å². The molecule has 0 unspecified atom stereocenters. The highest BCUT2D eigenvalue weighted by atomic mass is 35.5. The first-order valence-corrected chi connectivity index (χ1v) is 27.8. The molecule has 8 N–H and O–H groups in total. The zero-order chi connectivity index (χ0) is 59.1. The van der Waals surface area contributed by atoms with Gasteiger partial charge in [0.1, 0.15) is 11.5 Å². The number of carbonyl (C=O) groups excluding carboxylic acids is 2. The minimum atomic E-state index is -3.28. The second kappa shape index (κ2) is 24.0. The van der Waals surface area contributed by atoms with Gasteiger partial charge in [-0.25, -0.2) is 8.78 Å². The number of aliphatic hydroxyl groups is 2. The van der Waals surface area contributed by atoms with Crippen molar-refractivity contribution in [1.82, 2.24) is 10.6 Å². The van der Waals surface area contributed by atoms with Crippen LogP contribution in [0.15, 0.2) is 109 Å². The lowest BCUT2D eigenvalue weighted by Crippen LogP contribution is -2.49. The van der Waals surface area contributed by atoms with Crippen molar-refractivity contribution in [3.05, 3.63) is 164 Å². The average Bonchev–Trinajstić information content (AvgIpc) is 3.57. The van der Waals surface area contributed by atoms with Crippen molar-refractivity contribution < 1.29 is 65.1 Å². The third-order valence-electron chi connectivity index (χ3n) is 16.8. The molecule has 0 aromatic heterocycles. The first-order valence-electron chi connectivity index (χ1n) is 27.1. The van der Waals surface area contributed by atoms with E-state index in [0.717, 1.165) is 61.1 Å². The molecule has 20 heteroatoms. The minimum absolute atomic E-state index is 0.0983. The van der Waals surface area contributed by atoms with Gasteiger partial charge >= 0.3 is 13.2 Å². The van der Waals surface area contributed by atoms with Crippen molar-refractivity contribution in [1.29, 1.82) is 0 Å². The molecule has 2 aliphatic carbocycles. The number of rotatable bonds is 16. The van der Waals surface area contributed by atoms with Gasteiger partial charge in [-0.3, -0.25) is 9.59 Å². The molecule has 0 spiro atoms. The highest BCUT2D eigenvalue weighted by molar-refractivity contribution is 6.34. The van der Waals surface area contributed by atoms with Gasteiger partial charge in [-0.2, -0.15) is 17.6 Å². The molecule has 0 saturated heterocycles. The van der Waals surface area contributed by atoms with E-state index in [9.17, 15) is 37.4 Å². The third kappa shape index (κ3) is 12.0. The van der Waals surface area contributed by atoms with Crippen LogP contribution in [0.5, 0.6) is 23.0 Å². The number of hydrogen-bond acceptors (Lipinski definition) is 10. The smallest absolute Gasteiger partial charge is 0.387 e. The van der Waals surface area contributed by atoms with Gasteiger partial charge in [-0.15, -0.1) is 0 Å². The summed E-state index contributed by atoms with van der Waals surface area (Å²) in [4.78, 5) is 24.8. The molecule has 0 radical (unpaired) electrons. The van der Waals surface area contributed by atoms with Crippen LogP contribution < -0.4 is 41.0 Å². The number of benzene rings is 6. The van der Waals surface area contributed by atoms with Crippen molar-refractivity contribution in [2.45, 2.75) is 139 Å². The standard InChI is InChI=1S/2C31H32ClF3N2O4/c2*1-17-24-22(11-9-21(32)26(24)25-20(28(36)38)8-10-23(27(25)33)40-29(34)35)41-31(17,18-6-4-3-5-7-18)16-37-19-12-14-30(2,39)15-13-19/h2*3-11,17,19,29,37,39H,12-16H2,1-2H3,(H2,36,38)/t2*17-,19?,30?,31-/m00/s1. The fourth-order valence-corrected chi connectivity index (χ4v) is 12.8. The molecule has 6 aromatic carbocycles. The fourth-order valence-electron chi connectivity index (χ4n) is 12.2.